The molecule has 1 aliphatic rings. The number of benzene rings is 1. The van der Waals surface area contributed by atoms with Crippen LogP contribution in [0.15, 0.2) is 12.1 Å². The molecule has 0 radical (unpaired) electrons. The van der Waals surface area contributed by atoms with Crippen LogP contribution in [0.4, 0.5) is 0 Å². The maximum atomic E-state index is 12.9. The smallest absolute Gasteiger partial charge is 0.254 e. The fraction of sp³-hybridized carbons (Fsp3) is 0.588. The summed E-state index contributed by atoms with van der Waals surface area (Å²) < 4.78 is 0. The number of rotatable bonds is 2. The van der Waals surface area contributed by atoms with Gasteiger partial charge in [0.15, 0.2) is 0 Å². The van der Waals surface area contributed by atoms with Crippen LogP contribution in [-0.2, 0) is 0 Å². The second-order valence-electron chi connectivity index (χ2n) is 6.19. The number of nitrogens with two attached hydrogens (primary N) is 1. The molecule has 0 aliphatic carbocycles. The van der Waals surface area contributed by atoms with Gasteiger partial charge in [0.1, 0.15) is 0 Å². The quantitative estimate of drug-likeness (QED) is 0.901. The van der Waals surface area contributed by atoms with Crippen LogP contribution in [-0.4, -0.2) is 29.9 Å². The highest BCUT2D eigenvalue weighted by Crippen LogP contribution is 2.26. The molecule has 1 aliphatic heterocycles. The molecule has 0 aromatic heterocycles. The molecule has 110 valence electrons. The number of carbonyl (C=O) groups is 1. The van der Waals surface area contributed by atoms with Crippen LogP contribution < -0.4 is 5.73 Å². The predicted octanol–water partition coefficient (Wildman–Crippen LogP) is 2.81. The Morgan fingerprint density at radius 3 is 2.45 bits per heavy atom. The SMILES string of the molecule is Cc1cc(C)c(C(=O)N2CCCC(C)C2CN)c(C)c1. The van der Waals surface area contributed by atoms with Crippen molar-refractivity contribution in [1.29, 1.82) is 0 Å². The zero-order valence-corrected chi connectivity index (χ0v) is 13.1. The molecular formula is C17H26N2O. The lowest BCUT2D eigenvalue weighted by Gasteiger charge is -2.40. The Morgan fingerprint density at radius 1 is 1.30 bits per heavy atom. The van der Waals surface area contributed by atoms with Gasteiger partial charge in [-0.3, -0.25) is 4.79 Å². The number of aryl methyl sites for hydroxylation is 3. The summed E-state index contributed by atoms with van der Waals surface area (Å²) in [5.74, 6) is 0.644. The molecule has 2 atom stereocenters. The molecule has 1 aromatic carbocycles. The van der Waals surface area contributed by atoms with Crippen LogP contribution in [0.25, 0.3) is 0 Å². The highest BCUT2D eigenvalue weighted by Gasteiger charge is 2.32. The lowest BCUT2D eigenvalue weighted by Crippen LogP contribution is -2.51. The molecule has 20 heavy (non-hydrogen) atoms. The van der Waals surface area contributed by atoms with Crippen molar-refractivity contribution in [2.75, 3.05) is 13.1 Å². The van der Waals surface area contributed by atoms with Crippen molar-refractivity contribution in [3.8, 4) is 0 Å². The number of likely N-dealkylation sites (tertiary alicyclic amines) is 1. The molecule has 1 amide bonds. The predicted molar refractivity (Wildman–Crippen MR) is 82.9 cm³/mol. The summed E-state index contributed by atoms with van der Waals surface area (Å²) in [5.41, 5.74) is 10.1. The topological polar surface area (TPSA) is 46.3 Å². The number of carbonyl (C=O) groups excluding carboxylic acids is 1. The summed E-state index contributed by atoms with van der Waals surface area (Å²) in [4.78, 5) is 14.9. The van der Waals surface area contributed by atoms with Gasteiger partial charge >= 0.3 is 0 Å². The normalized spacial score (nSPS) is 22.9. The summed E-state index contributed by atoms with van der Waals surface area (Å²) in [6, 6.07) is 4.35. The van der Waals surface area contributed by atoms with Crippen LogP contribution in [0.1, 0.15) is 46.8 Å². The van der Waals surface area contributed by atoms with Crippen molar-refractivity contribution in [2.24, 2.45) is 11.7 Å². The number of piperidine rings is 1. The Morgan fingerprint density at radius 2 is 1.90 bits per heavy atom. The van der Waals surface area contributed by atoms with E-state index < -0.39 is 0 Å². The maximum absolute atomic E-state index is 12.9. The molecule has 1 saturated heterocycles. The zero-order chi connectivity index (χ0) is 14.9. The van der Waals surface area contributed by atoms with E-state index in [0.717, 1.165) is 36.1 Å². The van der Waals surface area contributed by atoms with Crippen molar-refractivity contribution in [2.45, 2.75) is 46.6 Å². The van der Waals surface area contributed by atoms with E-state index in [2.05, 4.69) is 26.0 Å². The molecule has 3 nitrogen and oxygen atoms in total. The third-order valence-corrected chi connectivity index (χ3v) is 4.51. The molecule has 0 bridgehead atoms. The third-order valence-electron chi connectivity index (χ3n) is 4.51. The van der Waals surface area contributed by atoms with Crippen LogP contribution in [0.2, 0.25) is 0 Å². The molecule has 1 fully saturated rings. The van der Waals surface area contributed by atoms with E-state index in [0.29, 0.717) is 12.5 Å². The molecule has 2 rings (SSSR count). The van der Waals surface area contributed by atoms with Gasteiger partial charge in [0.2, 0.25) is 0 Å². The van der Waals surface area contributed by atoms with Crippen molar-refractivity contribution in [3.05, 3.63) is 34.4 Å². The molecule has 3 heteroatoms. The Bertz CT molecular complexity index is 487. The van der Waals surface area contributed by atoms with Gasteiger partial charge in [0.05, 0.1) is 0 Å². The highest BCUT2D eigenvalue weighted by atomic mass is 16.2. The third kappa shape index (κ3) is 2.73. The van der Waals surface area contributed by atoms with E-state index in [4.69, 9.17) is 5.73 Å². The standard InChI is InChI=1S/C17H26N2O/c1-11-8-13(3)16(14(4)9-11)17(20)19-7-5-6-12(2)15(19)10-18/h8-9,12,15H,5-7,10,18H2,1-4H3. The first kappa shape index (κ1) is 15.0. The van der Waals surface area contributed by atoms with Gasteiger partial charge in [-0.25, -0.2) is 0 Å². The van der Waals surface area contributed by atoms with E-state index in [-0.39, 0.29) is 11.9 Å². The molecule has 1 heterocycles. The fourth-order valence-corrected chi connectivity index (χ4v) is 3.52. The summed E-state index contributed by atoms with van der Waals surface area (Å²) in [7, 11) is 0. The number of amides is 1. The van der Waals surface area contributed by atoms with Gasteiger partial charge in [-0.2, -0.15) is 0 Å². The second-order valence-corrected chi connectivity index (χ2v) is 6.19. The van der Waals surface area contributed by atoms with Crippen molar-refractivity contribution in [3.63, 3.8) is 0 Å². The van der Waals surface area contributed by atoms with Crippen LogP contribution in [0.3, 0.4) is 0 Å². The first-order valence-electron chi connectivity index (χ1n) is 7.54. The van der Waals surface area contributed by atoms with E-state index in [1.54, 1.807) is 0 Å². The number of nitrogens with zero attached hydrogens (tertiary/aromatic N) is 1. The minimum Gasteiger partial charge on any atom is -0.334 e. The lowest BCUT2D eigenvalue weighted by atomic mass is 9.89. The largest absolute Gasteiger partial charge is 0.334 e. The van der Waals surface area contributed by atoms with Gasteiger partial charge < -0.3 is 10.6 Å². The summed E-state index contributed by atoms with van der Waals surface area (Å²) >= 11 is 0. The fourth-order valence-electron chi connectivity index (χ4n) is 3.52. The highest BCUT2D eigenvalue weighted by molar-refractivity contribution is 5.97. The minimum atomic E-state index is 0.155. The summed E-state index contributed by atoms with van der Waals surface area (Å²) in [6.45, 7) is 9.70. The van der Waals surface area contributed by atoms with Gasteiger partial charge in [-0.15, -0.1) is 0 Å². The van der Waals surface area contributed by atoms with Gasteiger partial charge in [0.25, 0.3) is 5.91 Å². The summed E-state index contributed by atoms with van der Waals surface area (Å²) in [5, 5.41) is 0. The Balaban J connectivity index is 2.35. The average Bonchev–Trinajstić information content (AvgIpc) is 2.37. The first-order chi connectivity index (χ1) is 9.45. The Kier molecular flexibility index (Phi) is 4.48. The monoisotopic (exact) mass is 274 g/mol. The molecular weight excluding hydrogens is 248 g/mol. The van der Waals surface area contributed by atoms with Crippen molar-refractivity contribution < 1.29 is 4.79 Å². The average molecular weight is 274 g/mol. The van der Waals surface area contributed by atoms with Crippen LogP contribution in [0.5, 0.6) is 0 Å². The molecule has 0 saturated carbocycles. The first-order valence-corrected chi connectivity index (χ1v) is 7.54. The molecule has 2 unspecified atom stereocenters. The van der Waals surface area contributed by atoms with E-state index in [9.17, 15) is 4.79 Å². The minimum absolute atomic E-state index is 0.155. The van der Waals surface area contributed by atoms with E-state index in [1.165, 1.54) is 5.56 Å². The van der Waals surface area contributed by atoms with Crippen LogP contribution >= 0.6 is 0 Å². The zero-order valence-electron chi connectivity index (χ0n) is 13.1. The van der Waals surface area contributed by atoms with Gasteiger partial charge in [-0.1, -0.05) is 24.6 Å². The van der Waals surface area contributed by atoms with Crippen LogP contribution in [0, 0.1) is 26.7 Å². The summed E-state index contributed by atoms with van der Waals surface area (Å²) in [6.07, 6.45) is 2.24. The number of hydrogen-bond acceptors (Lipinski definition) is 2. The molecule has 2 N–H and O–H groups in total. The van der Waals surface area contributed by atoms with E-state index >= 15 is 0 Å². The maximum Gasteiger partial charge on any atom is 0.254 e. The van der Waals surface area contributed by atoms with Gasteiger partial charge in [-0.05, 0) is 50.7 Å². The van der Waals surface area contributed by atoms with Crippen molar-refractivity contribution in [1.82, 2.24) is 4.90 Å². The molecule has 1 aromatic rings. The Hall–Kier alpha value is -1.35. The van der Waals surface area contributed by atoms with E-state index in [1.807, 2.05) is 18.7 Å². The van der Waals surface area contributed by atoms with Crippen molar-refractivity contribution >= 4 is 5.91 Å². The second kappa shape index (κ2) is 5.96. The lowest BCUT2D eigenvalue weighted by molar-refractivity contribution is 0.0531. The Labute approximate surface area is 122 Å². The van der Waals surface area contributed by atoms with Gasteiger partial charge in [0, 0.05) is 24.7 Å². The molecule has 0 spiro atoms. The number of hydrogen-bond donors (Lipinski definition) is 1.